The van der Waals surface area contributed by atoms with E-state index in [1.165, 1.54) is 5.57 Å². The Morgan fingerprint density at radius 3 is 2.85 bits per heavy atom. The van der Waals surface area contributed by atoms with Crippen molar-refractivity contribution in [1.29, 1.82) is 0 Å². The molecular formula is C24H33NO2. The van der Waals surface area contributed by atoms with Crippen LogP contribution in [0.3, 0.4) is 0 Å². The molecule has 3 heteroatoms. The molecule has 0 saturated carbocycles. The summed E-state index contributed by atoms with van der Waals surface area (Å²) in [6.07, 6.45) is 13.6. The second-order valence-corrected chi connectivity index (χ2v) is 7.28. The molecular weight excluding hydrogens is 334 g/mol. The lowest BCUT2D eigenvalue weighted by atomic mass is 10.0. The highest BCUT2D eigenvalue weighted by atomic mass is 16.3. The van der Waals surface area contributed by atoms with E-state index in [2.05, 4.69) is 24.8 Å². The number of allylic oxidation sites excluding steroid dienone is 5. The van der Waals surface area contributed by atoms with Crippen LogP contribution < -0.4 is 0 Å². The Labute approximate surface area is 164 Å². The number of aliphatic hydroxyl groups excluding tert-OH is 1. The fourth-order valence-electron chi connectivity index (χ4n) is 3.81. The van der Waals surface area contributed by atoms with E-state index in [4.69, 9.17) is 0 Å². The van der Waals surface area contributed by atoms with Crippen LogP contribution >= 0.6 is 0 Å². The van der Waals surface area contributed by atoms with Gasteiger partial charge in [-0.25, -0.2) is 0 Å². The van der Waals surface area contributed by atoms with Crippen LogP contribution in [0.1, 0.15) is 51.0 Å². The highest BCUT2D eigenvalue weighted by Crippen LogP contribution is 2.25. The van der Waals surface area contributed by atoms with Gasteiger partial charge in [0.25, 0.3) is 0 Å². The highest BCUT2D eigenvalue weighted by Gasteiger charge is 2.30. The fraction of sp³-hybridized carbons (Fsp3) is 0.458. The third kappa shape index (κ3) is 7.18. The molecule has 27 heavy (non-hydrogen) atoms. The summed E-state index contributed by atoms with van der Waals surface area (Å²) in [5.41, 5.74) is 2.42. The molecule has 146 valence electrons. The molecule has 0 spiro atoms. The molecule has 1 amide bonds. The number of amides is 1. The number of carbonyl (C=O) groups excluding carboxylic acids is 1. The number of aliphatic hydroxyl groups is 1. The first-order valence-electron chi connectivity index (χ1n) is 10.1. The molecule has 1 unspecified atom stereocenters. The third-order valence-electron chi connectivity index (χ3n) is 5.19. The van der Waals surface area contributed by atoms with Gasteiger partial charge in [-0.2, -0.15) is 0 Å². The summed E-state index contributed by atoms with van der Waals surface area (Å²) in [5, 5.41) is 10.3. The number of carbonyl (C=O) groups is 1. The predicted octanol–water partition coefficient (Wildman–Crippen LogP) is 4.83. The molecule has 2 atom stereocenters. The van der Waals surface area contributed by atoms with E-state index < -0.39 is 6.10 Å². The van der Waals surface area contributed by atoms with E-state index >= 15 is 0 Å². The summed E-state index contributed by atoms with van der Waals surface area (Å²) in [6, 6.07) is 10.3. The fourth-order valence-corrected chi connectivity index (χ4v) is 3.81. The first-order valence-corrected chi connectivity index (χ1v) is 10.1. The molecule has 1 aromatic carbocycles. The van der Waals surface area contributed by atoms with E-state index in [-0.39, 0.29) is 5.91 Å². The highest BCUT2D eigenvalue weighted by molar-refractivity contribution is 5.78. The van der Waals surface area contributed by atoms with Gasteiger partial charge in [0.1, 0.15) is 0 Å². The monoisotopic (exact) mass is 367 g/mol. The smallest absolute Gasteiger partial charge is 0.222 e. The SMILES string of the molecule is C=C/C=C(\C=C/C)CCCC1CCC(=O)N1CC[C@H](O)Cc1ccccc1. The molecule has 1 aliphatic heterocycles. The van der Waals surface area contributed by atoms with Gasteiger partial charge < -0.3 is 10.0 Å². The number of likely N-dealkylation sites (tertiary alicyclic amines) is 1. The molecule has 0 bridgehead atoms. The van der Waals surface area contributed by atoms with Gasteiger partial charge >= 0.3 is 0 Å². The summed E-state index contributed by atoms with van der Waals surface area (Å²) in [6.45, 7) is 6.45. The zero-order valence-corrected chi connectivity index (χ0v) is 16.5. The minimum absolute atomic E-state index is 0.238. The molecule has 0 aliphatic carbocycles. The van der Waals surface area contributed by atoms with Crippen molar-refractivity contribution in [2.75, 3.05) is 6.54 Å². The van der Waals surface area contributed by atoms with E-state index in [0.717, 1.165) is 31.2 Å². The van der Waals surface area contributed by atoms with Gasteiger partial charge in [0.15, 0.2) is 0 Å². The van der Waals surface area contributed by atoms with Crippen LogP contribution in [0.15, 0.2) is 66.8 Å². The lowest BCUT2D eigenvalue weighted by Crippen LogP contribution is -2.35. The van der Waals surface area contributed by atoms with Gasteiger partial charge in [-0.05, 0) is 56.6 Å². The van der Waals surface area contributed by atoms with Crippen molar-refractivity contribution in [2.45, 2.75) is 64.0 Å². The molecule has 1 N–H and O–H groups in total. The Balaban J connectivity index is 1.79. The van der Waals surface area contributed by atoms with Crippen molar-refractivity contribution in [2.24, 2.45) is 0 Å². The van der Waals surface area contributed by atoms with Crippen molar-refractivity contribution < 1.29 is 9.90 Å². The van der Waals surface area contributed by atoms with Gasteiger partial charge in [-0.1, -0.05) is 61.2 Å². The van der Waals surface area contributed by atoms with Crippen molar-refractivity contribution in [1.82, 2.24) is 4.90 Å². The average Bonchev–Trinajstić information content (AvgIpc) is 3.01. The molecule has 0 radical (unpaired) electrons. The lowest BCUT2D eigenvalue weighted by molar-refractivity contribution is -0.129. The van der Waals surface area contributed by atoms with Crippen LogP contribution in [-0.4, -0.2) is 34.6 Å². The number of benzene rings is 1. The standard InChI is InChI=1S/C24H33NO2/c1-3-9-20(10-4-2)13-8-14-22-15-16-24(27)25(22)18-17-23(26)19-21-11-6-5-7-12-21/h3-7,9-12,22-23,26H,1,8,13-19H2,2H3/b10-4-,20-9+/t22?,23-/m0/s1. The van der Waals surface area contributed by atoms with Crippen molar-refractivity contribution in [3.63, 3.8) is 0 Å². The maximum absolute atomic E-state index is 12.3. The van der Waals surface area contributed by atoms with Crippen LogP contribution in [0, 0.1) is 0 Å². The minimum Gasteiger partial charge on any atom is -0.393 e. The van der Waals surface area contributed by atoms with E-state index in [1.807, 2.05) is 48.2 Å². The normalized spacial score (nSPS) is 19.0. The Hall–Kier alpha value is -2.13. The molecule has 1 aromatic rings. The summed E-state index contributed by atoms with van der Waals surface area (Å²) < 4.78 is 0. The van der Waals surface area contributed by atoms with Crippen LogP contribution in [0.5, 0.6) is 0 Å². The average molecular weight is 368 g/mol. The Bertz CT molecular complexity index is 648. The Morgan fingerprint density at radius 2 is 2.15 bits per heavy atom. The van der Waals surface area contributed by atoms with Gasteiger partial charge in [0, 0.05) is 19.0 Å². The number of hydrogen-bond donors (Lipinski definition) is 1. The molecule has 1 aliphatic rings. The Morgan fingerprint density at radius 1 is 1.37 bits per heavy atom. The first-order chi connectivity index (χ1) is 13.1. The summed E-state index contributed by atoms with van der Waals surface area (Å²) >= 11 is 0. The summed E-state index contributed by atoms with van der Waals surface area (Å²) in [7, 11) is 0. The van der Waals surface area contributed by atoms with Crippen molar-refractivity contribution in [3.05, 3.63) is 72.4 Å². The molecule has 3 nitrogen and oxygen atoms in total. The largest absolute Gasteiger partial charge is 0.393 e. The van der Waals surface area contributed by atoms with E-state index in [9.17, 15) is 9.90 Å². The van der Waals surface area contributed by atoms with Gasteiger partial charge in [-0.15, -0.1) is 0 Å². The van der Waals surface area contributed by atoms with Crippen molar-refractivity contribution in [3.8, 4) is 0 Å². The number of nitrogens with zero attached hydrogens (tertiary/aromatic N) is 1. The predicted molar refractivity (Wildman–Crippen MR) is 112 cm³/mol. The Kier molecular flexibility index (Phi) is 9.06. The quantitative estimate of drug-likeness (QED) is 0.569. The second kappa shape index (κ2) is 11.6. The summed E-state index contributed by atoms with van der Waals surface area (Å²) in [4.78, 5) is 14.3. The minimum atomic E-state index is -0.404. The third-order valence-corrected chi connectivity index (χ3v) is 5.19. The van der Waals surface area contributed by atoms with Crippen LogP contribution in [0.4, 0.5) is 0 Å². The van der Waals surface area contributed by atoms with Crippen LogP contribution in [0.25, 0.3) is 0 Å². The summed E-state index contributed by atoms with van der Waals surface area (Å²) in [5.74, 6) is 0.238. The van der Waals surface area contributed by atoms with E-state index in [1.54, 1.807) is 0 Å². The zero-order chi connectivity index (χ0) is 19.5. The van der Waals surface area contributed by atoms with E-state index in [0.29, 0.717) is 31.8 Å². The van der Waals surface area contributed by atoms with Crippen LogP contribution in [0.2, 0.25) is 0 Å². The molecule has 1 saturated heterocycles. The maximum atomic E-state index is 12.3. The molecule has 1 heterocycles. The molecule has 1 fully saturated rings. The van der Waals surface area contributed by atoms with Gasteiger partial charge in [0.05, 0.1) is 6.10 Å². The van der Waals surface area contributed by atoms with Crippen molar-refractivity contribution >= 4 is 5.91 Å². The number of rotatable bonds is 11. The topological polar surface area (TPSA) is 40.5 Å². The lowest BCUT2D eigenvalue weighted by Gasteiger charge is -2.26. The molecule has 2 rings (SSSR count). The first kappa shape index (κ1) is 21.2. The second-order valence-electron chi connectivity index (χ2n) is 7.28. The molecule has 0 aromatic heterocycles. The number of hydrogen-bond acceptors (Lipinski definition) is 2. The van der Waals surface area contributed by atoms with Gasteiger partial charge in [0.2, 0.25) is 5.91 Å². The van der Waals surface area contributed by atoms with Crippen LogP contribution in [-0.2, 0) is 11.2 Å². The van der Waals surface area contributed by atoms with Gasteiger partial charge in [-0.3, -0.25) is 4.79 Å². The zero-order valence-electron chi connectivity index (χ0n) is 16.5. The maximum Gasteiger partial charge on any atom is 0.222 e.